The molecule has 0 heterocycles. The van der Waals surface area contributed by atoms with Crippen LogP contribution in [0.4, 0.5) is 5.69 Å². The van der Waals surface area contributed by atoms with E-state index in [0.29, 0.717) is 11.8 Å². The molecule has 0 saturated heterocycles. The number of aldehydes is 1. The van der Waals surface area contributed by atoms with Crippen molar-refractivity contribution in [2.75, 3.05) is 0 Å². The first kappa shape index (κ1) is 12.0. The fourth-order valence-corrected chi connectivity index (χ4v) is 1.23. The third-order valence-electron chi connectivity index (χ3n) is 2.14. The summed E-state index contributed by atoms with van der Waals surface area (Å²) in [4.78, 5) is 31.8. The topological polar surface area (TPSA) is 77.3 Å². The first-order valence-corrected chi connectivity index (χ1v) is 4.77. The van der Waals surface area contributed by atoms with E-state index in [1.54, 1.807) is 6.92 Å². The lowest BCUT2D eigenvalue weighted by atomic mass is 10.0. The maximum Gasteiger partial charge on any atom is 0.269 e. The van der Waals surface area contributed by atoms with Crippen molar-refractivity contribution in [3.8, 4) is 0 Å². The van der Waals surface area contributed by atoms with Crippen LogP contribution in [0.5, 0.6) is 0 Å². The smallest absolute Gasteiger partial charge is 0.269 e. The van der Waals surface area contributed by atoms with Crippen LogP contribution in [0.2, 0.25) is 0 Å². The number of rotatable bonds is 5. The van der Waals surface area contributed by atoms with Crippen LogP contribution >= 0.6 is 0 Å². The van der Waals surface area contributed by atoms with E-state index in [4.69, 9.17) is 0 Å². The number of hydrogen-bond acceptors (Lipinski definition) is 4. The standard InChI is InChI=1S/C11H11NO4/c1-8(7-13)6-11(14)9-2-4-10(5-3-9)12(15)16/h2-5,7-8H,6H2,1H3. The molecule has 5 heteroatoms. The first-order valence-electron chi connectivity index (χ1n) is 4.77. The SMILES string of the molecule is CC(C=O)CC(=O)c1ccc([N+](=O)[O-])cc1. The minimum absolute atomic E-state index is 0.0556. The highest BCUT2D eigenvalue weighted by atomic mass is 16.6. The van der Waals surface area contributed by atoms with Crippen molar-refractivity contribution in [3.05, 3.63) is 39.9 Å². The van der Waals surface area contributed by atoms with Crippen molar-refractivity contribution in [1.82, 2.24) is 0 Å². The molecular formula is C11H11NO4. The monoisotopic (exact) mass is 221 g/mol. The van der Waals surface area contributed by atoms with E-state index < -0.39 is 4.92 Å². The Hall–Kier alpha value is -2.04. The molecule has 0 amide bonds. The normalized spacial score (nSPS) is 11.8. The van der Waals surface area contributed by atoms with Gasteiger partial charge in [-0.25, -0.2) is 0 Å². The van der Waals surface area contributed by atoms with E-state index in [-0.39, 0.29) is 23.8 Å². The van der Waals surface area contributed by atoms with Gasteiger partial charge in [0, 0.05) is 30.0 Å². The average Bonchev–Trinajstić information content (AvgIpc) is 2.28. The Balaban J connectivity index is 2.77. The molecule has 0 spiro atoms. The Labute approximate surface area is 92.2 Å². The van der Waals surface area contributed by atoms with Crippen LogP contribution in [0, 0.1) is 16.0 Å². The van der Waals surface area contributed by atoms with Crippen LogP contribution in [0.1, 0.15) is 23.7 Å². The van der Waals surface area contributed by atoms with Crippen molar-refractivity contribution in [2.24, 2.45) is 5.92 Å². The van der Waals surface area contributed by atoms with Crippen molar-refractivity contribution < 1.29 is 14.5 Å². The number of non-ortho nitro benzene ring substituents is 1. The zero-order valence-electron chi connectivity index (χ0n) is 8.75. The van der Waals surface area contributed by atoms with Gasteiger partial charge in [-0.2, -0.15) is 0 Å². The Morgan fingerprint density at radius 2 is 2.00 bits per heavy atom. The molecule has 1 aromatic carbocycles. The molecule has 1 atom stereocenters. The Morgan fingerprint density at radius 1 is 1.44 bits per heavy atom. The summed E-state index contributed by atoms with van der Waals surface area (Å²) < 4.78 is 0. The number of carbonyl (C=O) groups is 2. The number of nitro benzene ring substituents is 1. The molecule has 0 radical (unpaired) electrons. The fourth-order valence-electron chi connectivity index (χ4n) is 1.23. The van der Waals surface area contributed by atoms with Crippen LogP contribution < -0.4 is 0 Å². The summed E-state index contributed by atoms with van der Waals surface area (Å²) in [5.74, 6) is -0.516. The van der Waals surface area contributed by atoms with E-state index in [2.05, 4.69) is 0 Å². The highest BCUT2D eigenvalue weighted by Gasteiger charge is 2.12. The van der Waals surface area contributed by atoms with Gasteiger partial charge in [0.2, 0.25) is 0 Å². The second kappa shape index (κ2) is 5.16. The zero-order chi connectivity index (χ0) is 12.1. The Kier molecular flexibility index (Phi) is 3.88. The van der Waals surface area contributed by atoms with Gasteiger partial charge < -0.3 is 4.79 Å². The summed E-state index contributed by atoms with van der Waals surface area (Å²) in [7, 11) is 0. The third-order valence-corrected chi connectivity index (χ3v) is 2.14. The van der Waals surface area contributed by atoms with Crippen molar-refractivity contribution in [2.45, 2.75) is 13.3 Å². The molecule has 5 nitrogen and oxygen atoms in total. The van der Waals surface area contributed by atoms with Gasteiger partial charge in [0.05, 0.1) is 4.92 Å². The molecule has 0 fully saturated rings. The Morgan fingerprint density at radius 3 is 2.44 bits per heavy atom. The fraction of sp³-hybridized carbons (Fsp3) is 0.273. The number of hydrogen-bond donors (Lipinski definition) is 0. The van der Waals surface area contributed by atoms with Crippen LogP contribution in [0.25, 0.3) is 0 Å². The molecule has 0 aliphatic carbocycles. The summed E-state index contributed by atoms with van der Waals surface area (Å²) in [5.41, 5.74) is 0.333. The predicted molar refractivity (Wildman–Crippen MR) is 57.3 cm³/mol. The quantitative estimate of drug-likeness (QED) is 0.330. The zero-order valence-corrected chi connectivity index (χ0v) is 8.75. The summed E-state index contributed by atoms with van der Waals surface area (Å²) in [5, 5.41) is 10.4. The molecule has 0 aromatic heterocycles. The Bertz CT molecular complexity index is 410. The summed E-state index contributed by atoms with van der Waals surface area (Å²) in [6.45, 7) is 1.65. The molecule has 0 aliphatic rings. The van der Waals surface area contributed by atoms with Gasteiger partial charge in [-0.05, 0) is 12.1 Å². The van der Waals surface area contributed by atoms with Crippen LogP contribution in [-0.2, 0) is 4.79 Å². The molecule has 1 unspecified atom stereocenters. The van der Waals surface area contributed by atoms with Gasteiger partial charge >= 0.3 is 0 Å². The van der Waals surface area contributed by atoms with E-state index in [0.717, 1.165) is 0 Å². The molecule has 0 N–H and O–H groups in total. The number of carbonyl (C=O) groups excluding carboxylic acids is 2. The van der Waals surface area contributed by atoms with Gasteiger partial charge in [0.15, 0.2) is 5.78 Å². The van der Waals surface area contributed by atoms with Crippen molar-refractivity contribution >= 4 is 17.8 Å². The van der Waals surface area contributed by atoms with Gasteiger partial charge in [0.1, 0.15) is 6.29 Å². The molecule has 0 saturated carbocycles. The van der Waals surface area contributed by atoms with E-state index in [9.17, 15) is 19.7 Å². The van der Waals surface area contributed by atoms with Crippen LogP contribution in [0.15, 0.2) is 24.3 Å². The molecule has 0 aliphatic heterocycles. The van der Waals surface area contributed by atoms with Crippen LogP contribution in [-0.4, -0.2) is 17.0 Å². The number of ketones is 1. The third kappa shape index (κ3) is 2.98. The lowest BCUT2D eigenvalue weighted by Crippen LogP contribution is -2.06. The number of nitrogens with zero attached hydrogens (tertiary/aromatic N) is 1. The minimum atomic E-state index is -0.525. The van der Waals surface area contributed by atoms with E-state index in [1.807, 2.05) is 0 Å². The predicted octanol–water partition coefficient (Wildman–Crippen LogP) is 2.00. The molecule has 1 aromatic rings. The van der Waals surface area contributed by atoms with E-state index in [1.165, 1.54) is 24.3 Å². The summed E-state index contributed by atoms with van der Waals surface area (Å²) >= 11 is 0. The number of Topliss-reactive ketones (excluding diaryl/α,β-unsaturated/α-hetero) is 1. The molecular weight excluding hydrogens is 210 g/mol. The molecule has 16 heavy (non-hydrogen) atoms. The highest BCUT2D eigenvalue weighted by Crippen LogP contribution is 2.14. The van der Waals surface area contributed by atoms with Gasteiger partial charge in [-0.1, -0.05) is 6.92 Å². The van der Waals surface area contributed by atoms with Crippen LogP contribution in [0.3, 0.4) is 0 Å². The summed E-state index contributed by atoms with van der Waals surface area (Å²) in [6.07, 6.45) is 0.838. The number of benzene rings is 1. The average molecular weight is 221 g/mol. The van der Waals surface area contributed by atoms with Gasteiger partial charge in [-0.15, -0.1) is 0 Å². The van der Waals surface area contributed by atoms with E-state index >= 15 is 0 Å². The first-order chi connectivity index (χ1) is 7.54. The molecule has 84 valence electrons. The lowest BCUT2D eigenvalue weighted by Gasteiger charge is -2.02. The second-order valence-electron chi connectivity index (χ2n) is 3.54. The second-order valence-corrected chi connectivity index (χ2v) is 3.54. The molecule has 1 rings (SSSR count). The minimum Gasteiger partial charge on any atom is -0.303 e. The number of nitro groups is 1. The summed E-state index contributed by atoms with van der Waals surface area (Å²) in [6, 6.07) is 5.35. The van der Waals surface area contributed by atoms with Crippen molar-refractivity contribution in [3.63, 3.8) is 0 Å². The maximum atomic E-state index is 11.6. The largest absolute Gasteiger partial charge is 0.303 e. The lowest BCUT2D eigenvalue weighted by molar-refractivity contribution is -0.384. The van der Waals surface area contributed by atoms with Crippen molar-refractivity contribution in [1.29, 1.82) is 0 Å². The van der Waals surface area contributed by atoms with Gasteiger partial charge in [-0.3, -0.25) is 14.9 Å². The maximum absolute atomic E-state index is 11.6. The highest BCUT2D eigenvalue weighted by molar-refractivity contribution is 5.97. The van der Waals surface area contributed by atoms with Gasteiger partial charge in [0.25, 0.3) is 5.69 Å². The molecule has 0 bridgehead atoms.